The van der Waals surface area contributed by atoms with Crippen LogP contribution in [0.1, 0.15) is 58.7 Å². The van der Waals surface area contributed by atoms with Crippen LogP contribution >= 0.6 is 0 Å². The zero-order valence-corrected chi connectivity index (χ0v) is 14.6. The number of amides is 1. The highest BCUT2D eigenvalue weighted by molar-refractivity contribution is 5.78. The van der Waals surface area contributed by atoms with Crippen molar-refractivity contribution in [2.75, 3.05) is 0 Å². The molecule has 0 saturated heterocycles. The van der Waals surface area contributed by atoms with Gasteiger partial charge >= 0.3 is 0 Å². The SMILES string of the molecule is CCCCCCCn1c(CNC(=O)C(C)C)nc2ccccc21. The Morgan fingerprint density at radius 1 is 1.17 bits per heavy atom. The smallest absolute Gasteiger partial charge is 0.222 e. The largest absolute Gasteiger partial charge is 0.349 e. The van der Waals surface area contributed by atoms with E-state index in [4.69, 9.17) is 4.98 Å². The molecule has 1 amide bonds. The monoisotopic (exact) mass is 315 g/mol. The molecule has 0 fully saturated rings. The van der Waals surface area contributed by atoms with E-state index in [0.717, 1.165) is 29.8 Å². The van der Waals surface area contributed by atoms with Crippen molar-refractivity contribution < 1.29 is 4.79 Å². The number of aromatic nitrogens is 2. The number of benzene rings is 1. The van der Waals surface area contributed by atoms with E-state index >= 15 is 0 Å². The normalized spacial score (nSPS) is 11.3. The fraction of sp³-hybridized carbons (Fsp3) is 0.579. The number of fused-ring (bicyclic) bond motifs is 1. The van der Waals surface area contributed by atoms with Crippen molar-refractivity contribution in [3.8, 4) is 0 Å². The van der Waals surface area contributed by atoms with Crippen LogP contribution in [0.3, 0.4) is 0 Å². The molecule has 0 atom stereocenters. The summed E-state index contributed by atoms with van der Waals surface area (Å²) in [6.07, 6.45) is 6.27. The lowest BCUT2D eigenvalue weighted by Gasteiger charge is -2.11. The molecule has 2 rings (SSSR count). The highest BCUT2D eigenvalue weighted by Crippen LogP contribution is 2.17. The standard InChI is InChI=1S/C19H29N3O/c1-4-5-6-7-10-13-22-17-12-9-8-11-16(17)21-18(22)14-20-19(23)15(2)3/h8-9,11-12,15H,4-7,10,13-14H2,1-3H3,(H,20,23). The third kappa shape index (κ3) is 4.81. The van der Waals surface area contributed by atoms with Gasteiger partial charge in [0.25, 0.3) is 0 Å². The van der Waals surface area contributed by atoms with Crippen LogP contribution in [0.5, 0.6) is 0 Å². The Kier molecular flexibility index (Phi) is 6.63. The van der Waals surface area contributed by atoms with Crippen LogP contribution in [0, 0.1) is 5.92 Å². The second-order valence-electron chi connectivity index (χ2n) is 6.46. The van der Waals surface area contributed by atoms with Crippen molar-refractivity contribution in [1.29, 1.82) is 0 Å². The summed E-state index contributed by atoms with van der Waals surface area (Å²) in [4.78, 5) is 16.5. The van der Waals surface area contributed by atoms with Crippen LogP contribution in [-0.4, -0.2) is 15.5 Å². The molecule has 0 aliphatic heterocycles. The first kappa shape index (κ1) is 17.5. The molecule has 1 aromatic heterocycles. The molecule has 23 heavy (non-hydrogen) atoms. The van der Waals surface area contributed by atoms with E-state index in [9.17, 15) is 4.79 Å². The van der Waals surface area contributed by atoms with E-state index in [0.29, 0.717) is 6.54 Å². The second kappa shape index (κ2) is 8.70. The average Bonchev–Trinajstić information content (AvgIpc) is 2.90. The van der Waals surface area contributed by atoms with Crippen LogP contribution in [0.4, 0.5) is 0 Å². The number of carbonyl (C=O) groups is 1. The van der Waals surface area contributed by atoms with Crippen LogP contribution < -0.4 is 5.32 Å². The lowest BCUT2D eigenvalue weighted by molar-refractivity contribution is -0.124. The van der Waals surface area contributed by atoms with E-state index in [1.54, 1.807) is 0 Å². The van der Waals surface area contributed by atoms with Crippen LogP contribution in [0.15, 0.2) is 24.3 Å². The molecule has 126 valence electrons. The minimum atomic E-state index is 0.00173. The Morgan fingerprint density at radius 2 is 1.91 bits per heavy atom. The molecule has 2 aromatic rings. The molecule has 4 nitrogen and oxygen atoms in total. The third-order valence-electron chi connectivity index (χ3n) is 4.16. The van der Waals surface area contributed by atoms with E-state index in [-0.39, 0.29) is 11.8 Å². The van der Waals surface area contributed by atoms with Gasteiger partial charge in [0, 0.05) is 12.5 Å². The summed E-state index contributed by atoms with van der Waals surface area (Å²) in [7, 11) is 0. The molecular formula is C19H29N3O. The van der Waals surface area contributed by atoms with Gasteiger partial charge < -0.3 is 9.88 Å². The predicted octanol–water partition coefficient (Wildman–Crippen LogP) is 4.28. The number of imidazole rings is 1. The number of para-hydroxylation sites is 2. The maximum Gasteiger partial charge on any atom is 0.222 e. The van der Waals surface area contributed by atoms with Gasteiger partial charge in [-0.1, -0.05) is 58.6 Å². The number of rotatable bonds is 9. The van der Waals surface area contributed by atoms with Crippen molar-refractivity contribution in [1.82, 2.24) is 14.9 Å². The number of nitrogens with zero attached hydrogens (tertiary/aromatic N) is 2. The number of carbonyl (C=O) groups excluding carboxylic acids is 1. The van der Waals surface area contributed by atoms with Crippen LogP contribution in [0.2, 0.25) is 0 Å². The summed E-state index contributed by atoms with van der Waals surface area (Å²) >= 11 is 0. The lowest BCUT2D eigenvalue weighted by atomic mass is 10.1. The Balaban J connectivity index is 2.08. The third-order valence-corrected chi connectivity index (χ3v) is 4.16. The Bertz CT molecular complexity index is 631. The Hall–Kier alpha value is -1.84. The van der Waals surface area contributed by atoms with Crippen molar-refractivity contribution in [2.24, 2.45) is 5.92 Å². The molecule has 1 N–H and O–H groups in total. The van der Waals surface area contributed by atoms with E-state index in [1.807, 2.05) is 32.0 Å². The first-order valence-corrected chi connectivity index (χ1v) is 8.85. The summed E-state index contributed by atoms with van der Waals surface area (Å²) in [6, 6.07) is 8.21. The first-order chi connectivity index (χ1) is 11.1. The topological polar surface area (TPSA) is 46.9 Å². The van der Waals surface area contributed by atoms with E-state index in [2.05, 4.69) is 22.9 Å². The molecule has 1 heterocycles. The van der Waals surface area contributed by atoms with Crippen LogP contribution in [0.25, 0.3) is 11.0 Å². The van der Waals surface area contributed by atoms with Crippen LogP contribution in [-0.2, 0) is 17.9 Å². The fourth-order valence-electron chi connectivity index (χ4n) is 2.75. The minimum absolute atomic E-state index is 0.00173. The number of hydrogen-bond acceptors (Lipinski definition) is 2. The van der Waals surface area contributed by atoms with Crippen molar-refractivity contribution >= 4 is 16.9 Å². The first-order valence-electron chi connectivity index (χ1n) is 8.85. The zero-order chi connectivity index (χ0) is 16.7. The number of hydrogen-bond donors (Lipinski definition) is 1. The summed E-state index contributed by atoms with van der Waals surface area (Å²) in [5, 5.41) is 2.99. The predicted molar refractivity (Wildman–Crippen MR) is 95.2 cm³/mol. The van der Waals surface area contributed by atoms with Gasteiger partial charge in [0.1, 0.15) is 5.82 Å². The molecule has 0 unspecified atom stereocenters. The molecular weight excluding hydrogens is 286 g/mol. The highest BCUT2D eigenvalue weighted by Gasteiger charge is 2.12. The summed E-state index contributed by atoms with van der Waals surface area (Å²) < 4.78 is 2.27. The van der Waals surface area contributed by atoms with Crippen molar-refractivity contribution in [2.45, 2.75) is 66.0 Å². The molecule has 0 aliphatic carbocycles. The lowest BCUT2D eigenvalue weighted by Crippen LogP contribution is -2.28. The van der Waals surface area contributed by atoms with Gasteiger partial charge in [-0.25, -0.2) is 4.98 Å². The maximum atomic E-state index is 11.8. The second-order valence-corrected chi connectivity index (χ2v) is 6.46. The molecule has 4 heteroatoms. The van der Waals surface area contributed by atoms with Gasteiger partial charge in [0.15, 0.2) is 0 Å². The van der Waals surface area contributed by atoms with Gasteiger partial charge in [-0.15, -0.1) is 0 Å². The van der Waals surface area contributed by atoms with Crippen molar-refractivity contribution in [3.05, 3.63) is 30.1 Å². The van der Waals surface area contributed by atoms with Gasteiger partial charge in [0.05, 0.1) is 17.6 Å². The van der Waals surface area contributed by atoms with Crippen molar-refractivity contribution in [3.63, 3.8) is 0 Å². The molecule has 0 bridgehead atoms. The highest BCUT2D eigenvalue weighted by atomic mass is 16.1. The summed E-state index contributed by atoms with van der Waals surface area (Å²) in [6.45, 7) is 7.52. The van der Waals surface area contributed by atoms with Gasteiger partial charge in [-0.3, -0.25) is 4.79 Å². The summed E-state index contributed by atoms with van der Waals surface area (Å²) in [5.74, 6) is 1.03. The molecule has 0 aliphatic rings. The quantitative estimate of drug-likeness (QED) is 0.702. The number of unbranched alkanes of at least 4 members (excludes halogenated alkanes) is 4. The number of nitrogens with one attached hydrogen (secondary N) is 1. The average molecular weight is 315 g/mol. The summed E-state index contributed by atoms with van der Waals surface area (Å²) in [5.41, 5.74) is 2.17. The molecule has 1 aromatic carbocycles. The van der Waals surface area contributed by atoms with E-state index in [1.165, 1.54) is 25.7 Å². The van der Waals surface area contributed by atoms with E-state index < -0.39 is 0 Å². The van der Waals surface area contributed by atoms with Gasteiger partial charge in [-0.05, 0) is 18.6 Å². The Labute approximate surface area is 139 Å². The number of aryl methyl sites for hydroxylation is 1. The molecule has 0 saturated carbocycles. The minimum Gasteiger partial charge on any atom is -0.349 e. The van der Waals surface area contributed by atoms with Gasteiger partial charge in [0.2, 0.25) is 5.91 Å². The Morgan fingerprint density at radius 3 is 2.65 bits per heavy atom. The van der Waals surface area contributed by atoms with Gasteiger partial charge in [-0.2, -0.15) is 0 Å². The molecule has 0 radical (unpaired) electrons. The molecule has 0 spiro atoms. The fourth-order valence-corrected chi connectivity index (χ4v) is 2.75. The zero-order valence-electron chi connectivity index (χ0n) is 14.6. The maximum absolute atomic E-state index is 11.8.